The van der Waals surface area contributed by atoms with Crippen LogP contribution in [0.1, 0.15) is 43.7 Å². The summed E-state index contributed by atoms with van der Waals surface area (Å²) >= 11 is 0. The zero-order chi connectivity index (χ0) is 14.2. The first-order valence-electron chi connectivity index (χ1n) is 7.72. The minimum Gasteiger partial charge on any atom is -0.353 e. The lowest BCUT2D eigenvalue weighted by molar-refractivity contribution is -0.124. The molecule has 1 aromatic carbocycles. The zero-order valence-electron chi connectivity index (χ0n) is 12.2. The fraction of sp³-hybridized carbons (Fsp3) is 0.588. The maximum Gasteiger partial charge on any atom is 0.223 e. The lowest BCUT2D eigenvalue weighted by Crippen LogP contribution is -2.32. The first-order valence-corrected chi connectivity index (χ1v) is 7.72. The van der Waals surface area contributed by atoms with Crippen LogP contribution in [-0.4, -0.2) is 17.5 Å². The lowest BCUT2D eigenvalue weighted by Gasteiger charge is -2.17. The summed E-state index contributed by atoms with van der Waals surface area (Å²) in [4.78, 5) is 12.1. The molecule has 1 unspecified atom stereocenters. The van der Waals surface area contributed by atoms with Crippen molar-refractivity contribution in [1.82, 2.24) is 5.32 Å². The van der Waals surface area contributed by atoms with Gasteiger partial charge in [-0.1, -0.05) is 31.2 Å². The topological polar surface area (TPSA) is 55.1 Å². The number of nitrogens with one attached hydrogen (secondary N) is 1. The first-order chi connectivity index (χ1) is 9.56. The van der Waals surface area contributed by atoms with Crippen LogP contribution in [0, 0.1) is 5.92 Å². The van der Waals surface area contributed by atoms with Gasteiger partial charge in [-0.15, -0.1) is 0 Å². The molecule has 2 saturated carbocycles. The standard InChI is InChI=1S/C17H24N2O/c1-12(16(20)19-15-6-7-15)10-13-4-2-3-5-14(13)11-17(18)8-9-17/h2-5,12,15H,6-11,18H2,1H3,(H,19,20). The van der Waals surface area contributed by atoms with Gasteiger partial charge >= 0.3 is 0 Å². The highest BCUT2D eigenvalue weighted by atomic mass is 16.1. The van der Waals surface area contributed by atoms with Gasteiger partial charge in [-0.25, -0.2) is 0 Å². The van der Waals surface area contributed by atoms with Crippen molar-refractivity contribution in [3.05, 3.63) is 35.4 Å². The minimum atomic E-state index is 0.0234. The van der Waals surface area contributed by atoms with Crippen LogP contribution in [0.3, 0.4) is 0 Å². The summed E-state index contributed by atoms with van der Waals surface area (Å²) in [6.45, 7) is 2.02. The van der Waals surface area contributed by atoms with E-state index in [0.717, 1.165) is 38.5 Å². The largest absolute Gasteiger partial charge is 0.353 e. The van der Waals surface area contributed by atoms with Crippen molar-refractivity contribution < 1.29 is 4.79 Å². The van der Waals surface area contributed by atoms with E-state index in [2.05, 4.69) is 29.6 Å². The molecule has 108 valence electrons. The van der Waals surface area contributed by atoms with E-state index in [-0.39, 0.29) is 17.4 Å². The van der Waals surface area contributed by atoms with E-state index < -0.39 is 0 Å². The van der Waals surface area contributed by atoms with E-state index in [1.54, 1.807) is 0 Å². The van der Waals surface area contributed by atoms with Gasteiger partial charge in [0.25, 0.3) is 0 Å². The van der Waals surface area contributed by atoms with Crippen molar-refractivity contribution in [2.45, 2.75) is 57.0 Å². The Morgan fingerprint density at radius 3 is 2.60 bits per heavy atom. The third-order valence-electron chi connectivity index (χ3n) is 4.45. The molecule has 2 fully saturated rings. The van der Waals surface area contributed by atoms with Gasteiger partial charge in [-0.3, -0.25) is 4.79 Å². The normalized spacial score (nSPS) is 21.3. The Bertz CT molecular complexity index is 503. The number of carbonyl (C=O) groups is 1. The molecular formula is C17H24N2O. The Morgan fingerprint density at radius 1 is 1.35 bits per heavy atom. The van der Waals surface area contributed by atoms with Crippen LogP contribution in [-0.2, 0) is 17.6 Å². The molecular weight excluding hydrogens is 248 g/mol. The summed E-state index contributed by atoms with van der Waals surface area (Å²) < 4.78 is 0. The predicted molar refractivity (Wildman–Crippen MR) is 80.3 cm³/mol. The second kappa shape index (κ2) is 5.21. The van der Waals surface area contributed by atoms with Crippen LogP contribution in [0.15, 0.2) is 24.3 Å². The maximum atomic E-state index is 12.1. The van der Waals surface area contributed by atoms with Crippen molar-refractivity contribution in [1.29, 1.82) is 0 Å². The fourth-order valence-electron chi connectivity index (χ4n) is 2.64. The van der Waals surface area contributed by atoms with Gasteiger partial charge in [0.2, 0.25) is 5.91 Å². The monoisotopic (exact) mass is 272 g/mol. The van der Waals surface area contributed by atoms with Crippen molar-refractivity contribution in [3.8, 4) is 0 Å². The molecule has 0 heterocycles. The van der Waals surface area contributed by atoms with Crippen LogP contribution >= 0.6 is 0 Å². The average molecular weight is 272 g/mol. The van der Waals surface area contributed by atoms with Crippen molar-refractivity contribution in [3.63, 3.8) is 0 Å². The molecule has 0 spiro atoms. The first kappa shape index (κ1) is 13.6. The highest BCUT2D eigenvalue weighted by Gasteiger charge is 2.38. The molecule has 1 atom stereocenters. The number of hydrogen-bond acceptors (Lipinski definition) is 2. The molecule has 0 aromatic heterocycles. The summed E-state index contributed by atoms with van der Waals surface area (Å²) in [7, 11) is 0. The maximum absolute atomic E-state index is 12.1. The summed E-state index contributed by atoms with van der Waals surface area (Å²) in [5, 5.41) is 3.09. The van der Waals surface area contributed by atoms with Gasteiger partial charge in [0, 0.05) is 17.5 Å². The molecule has 2 aliphatic carbocycles. The smallest absolute Gasteiger partial charge is 0.223 e. The summed E-state index contributed by atoms with van der Waals surface area (Å²) in [6.07, 6.45) is 6.29. The van der Waals surface area contributed by atoms with Gasteiger partial charge in [-0.2, -0.15) is 0 Å². The fourth-order valence-corrected chi connectivity index (χ4v) is 2.64. The van der Waals surface area contributed by atoms with Crippen LogP contribution < -0.4 is 11.1 Å². The SMILES string of the molecule is CC(Cc1ccccc1CC1(N)CC1)C(=O)NC1CC1. The average Bonchev–Trinajstić information content (AvgIpc) is 3.32. The molecule has 0 bridgehead atoms. The van der Waals surface area contributed by atoms with E-state index in [1.165, 1.54) is 11.1 Å². The van der Waals surface area contributed by atoms with E-state index in [1.807, 2.05) is 6.92 Å². The zero-order valence-corrected chi connectivity index (χ0v) is 12.2. The number of carbonyl (C=O) groups excluding carboxylic acids is 1. The third-order valence-corrected chi connectivity index (χ3v) is 4.45. The van der Waals surface area contributed by atoms with Crippen LogP contribution in [0.4, 0.5) is 0 Å². The van der Waals surface area contributed by atoms with Crippen molar-refractivity contribution in [2.75, 3.05) is 0 Å². The van der Waals surface area contributed by atoms with Gasteiger partial charge in [0.15, 0.2) is 0 Å². The van der Waals surface area contributed by atoms with Crippen molar-refractivity contribution >= 4 is 5.91 Å². The molecule has 0 aliphatic heterocycles. The molecule has 3 heteroatoms. The molecule has 3 nitrogen and oxygen atoms in total. The molecule has 0 saturated heterocycles. The Labute approximate surface area is 120 Å². The van der Waals surface area contributed by atoms with Gasteiger partial charge < -0.3 is 11.1 Å². The number of nitrogens with two attached hydrogens (primary N) is 1. The Morgan fingerprint density at radius 2 is 2.00 bits per heavy atom. The quantitative estimate of drug-likeness (QED) is 0.834. The molecule has 3 rings (SSSR count). The molecule has 2 aliphatic rings. The summed E-state index contributed by atoms with van der Waals surface area (Å²) in [5.74, 6) is 0.223. The molecule has 20 heavy (non-hydrogen) atoms. The molecule has 1 aromatic rings. The van der Waals surface area contributed by atoms with Crippen LogP contribution in [0.5, 0.6) is 0 Å². The Kier molecular flexibility index (Phi) is 3.55. The van der Waals surface area contributed by atoms with E-state index in [4.69, 9.17) is 5.73 Å². The minimum absolute atomic E-state index is 0.0234. The summed E-state index contributed by atoms with van der Waals surface area (Å²) in [6, 6.07) is 8.87. The van der Waals surface area contributed by atoms with Gasteiger partial charge in [0.1, 0.15) is 0 Å². The van der Waals surface area contributed by atoms with Crippen LogP contribution in [0.25, 0.3) is 0 Å². The Balaban J connectivity index is 1.64. The van der Waals surface area contributed by atoms with Gasteiger partial charge in [0.05, 0.1) is 0 Å². The molecule has 1 amide bonds. The van der Waals surface area contributed by atoms with E-state index in [0.29, 0.717) is 6.04 Å². The second-order valence-electron chi connectivity index (χ2n) is 6.70. The summed E-state index contributed by atoms with van der Waals surface area (Å²) in [5.41, 5.74) is 8.85. The Hall–Kier alpha value is -1.35. The number of hydrogen-bond donors (Lipinski definition) is 2. The highest BCUT2D eigenvalue weighted by Crippen LogP contribution is 2.36. The number of benzene rings is 1. The lowest BCUT2D eigenvalue weighted by atomic mass is 9.92. The molecule has 3 N–H and O–H groups in total. The predicted octanol–water partition coefficient (Wildman–Crippen LogP) is 2.18. The highest BCUT2D eigenvalue weighted by molar-refractivity contribution is 5.79. The second-order valence-corrected chi connectivity index (χ2v) is 6.70. The van der Waals surface area contributed by atoms with E-state index >= 15 is 0 Å². The van der Waals surface area contributed by atoms with E-state index in [9.17, 15) is 4.79 Å². The number of rotatable bonds is 6. The molecule has 0 radical (unpaired) electrons. The number of amides is 1. The van der Waals surface area contributed by atoms with Crippen molar-refractivity contribution in [2.24, 2.45) is 11.7 Å². The van der Waals surface area contributed by atoms with Gasteiger partial charge in [-0.05, 0) is 49.7 Å². The van der Waals surface area contributed by atoms with Crippen LogP contribution in [0.2, 0.25) is 0 Å². The third kappa shape index (κ3) is 3.40.